The van der Waals surface area contributed by atoms with Crippen molar-refractivity contribution in [1.82, 2.24) is 15.1 Å². The molecule has 5 rings (SSSR count). The van der Waals surface area contributed by atoms with Crippen molar-refractivity contribution in [3.8, 4) is 0 Å². The molecule has 10 nitrogen and oxygen atoms in total. The van der Waals surface area contributed by atoms with Crippen LogP contribution in [0.25, 0.3) is 10.9 Å². The summed E-state index contributed by atoms with van der Waals surface area (Å²) in [7, 11) is -0.568. The van der Waals surface area contributed by atoms with Crippen molar-refractivity contribution in [2.75, 3.05) is 62.5 Å². The number of ether oxygens (including phenoxy) is 1. The zero-order valence-corrected chi connectivity index (χ0v) is 24.3. The van der Waals surface area contributed by atoms with Crippen LogP contribution in [-0.4, -0.2) is 82.4 Å². The van der Waals surface area contributed by atoms with Gasteiger partial charge in [0.1, 0.15) is 11.6 Å². The molecular formula is C29H32F2N6O4S. The van der Waals surface area contributed by atoms with E-state index in [1.807, 2.05) is 19.1 Å². The molecule has 1 aliphatic rings. The van der Waals surface area contributed by atoms with Crippen LogP contribution in [0.15, 0.2) is 64.4 Å². The minimum absolute atomic E-state index is 0.0871. The lowest BCUT2D eigenvalue weighted by Gasteiger charge is -2.34. The van der Waals surface area contributed by atoms with Crippen LogP contribution in [0.2, 0.25) is 0 Å². The van der Waals surface area contributed by atoms with Gasteiger partial charge in [-0.2, -0.15) is 5.10 Å². The van der Waals surface area contributed by atoms with Crippen LogP contribution < -0.4 is 15.5 Å². The lowest BCUT2D eigenvalue weighted by Crippen LogP contribution is -2.44. The smallest absolute Gasteiger partial charge is 0.258 e. The summed E-state index contributed by atoms with van der Waals surface area (Å²) in [6.45, 7) is 5.97. The molecule has 42 heavy (non-hydrogen) atoms. The second kappa shape index (κ2) is 12.0. The van der Waals surface area contributed by atoms with Gasteiger partial charge in [-0.1, -0.05) is 0 Å². The third-order valence-electron chi connectivity index (χ3n) is 7.16. The lowest BCUT2D eigenvalue weighted by atomic mass is 10.1. The van der Waals surface area contributed by atoms with Gasteiger partial charge in [-0.15, -0.1) is 0 Å². The second-order valence-electron chi connectivity index (χ2n) is 10.4. The average Bonchev–Trinajstić information content (AvgIpc) is 3.34. The Morgan fingerprint density at radius 2 is 1.74 bits per heavy atom. The molecule has 13 heteroatoms. The Morgan fingerprint density at radius 3 is 2.43 bits per heavy atom. The number of aromatic nitrogens is 2. The van der Waals surface area contributed by atoms with Gasteiger partial charge in [0.2, 0.25) is 9.84 Å². The quantitative estimate of drug-likeness (QED) is 0.263. The minimum Gasteiger partial charge on any atom is -0.383 e. The Bertz CT molecular complexity index is 1700. The summed E-state index contributed by atoms with van der Waals surface area (Å²) in [4.78, 5) is 17.4. The summed E-state index contributed by atoms with van der Waals surface area (Å²) in [5, 5.41) is 13.4. The number of rotatable bonds is 9. The number of nitrogens with zero attached hydrogens (tertiary/aromatic N) is 3. The molecule has 4 aromatic rings. The van der Waals surface area contributed by atoms with Gasteiger partial charge in [0.15, 0.2) is 5.82 Å². The first kappa shape index (κ1) is 29.4. The molecule has 0 radical (unpaired) electrons. The van der Waals surface area contributed by atoms with E-state index in [1.54, 1.807) is 13.2 Å². The van der Waals surface area contributed by atoms with Crippen LogP contribution in [-0.2, 0) is 14.6 Å². The Morgan fingerprint density at radius 1 is 1.02 bits per heavy atom. The molecule has 1 amide bonds. The zero-order valence-electron chi connectivity index (χ0n) is 23.4. The molecule has 3 aromatic carbocycles. The van der Waals surface area contributed by atoms with E-state index >= 15 is 0 Å². The second-order valence-corrected chi connectivity index (χ2v) is 12.3. The SMILES string of the molecule is COCC(C)Nc1cc(N2CCN(C)CC2)ccc1C(=O)Nc1n[nH]c2ccc(S(=O)(=O)c3cc(F)cc(F)c3)cc12. The number of piperazine rings is 1. The number of anilines is 3. The van der Waals surface area contributed by atoms with E-state index in [0.29, 0.717) is 34.8 Å². The van der Waals surface area contributed by atoms with E-state index in [1.165, 1.54) is 18.2 Å². The fraction of sp³-hybridized carbons (Fsp3) is 0.310. The van der Waals surface area contributed by atoms with Crippen molar-refractivity contribution < 1.29 is 26.7 Å². The third-order valence-corrected chi connectivity index (χ3v) is 8.89. The van der Waals surface area contributed by atoms with Crippen LogP contribution in [0.5, 0.6) is 0 Å². The van der Waals surface area contributed by atoms with Crippen LogP contribution in [0.4, 0.5) is 26.0 Å². The number of nitrogens with one attached hydrogen (secondary N) is 3. The molecular weight excluding hydrogens is 566 g/mol. The fourth-order valence-corrected chi connectivity index (χ4v) is 6.25. The predicted octanol–water partition coefficient (Wildman–Crippen LogP) is 4.12. The number of sulfone groups is 1. The van der Waals surface area contributed by atoms with Crippen LogP contribution in [0.1, 0.15) is 17.3 Å². The number of H-pyrrole nitrogens is 1. The molecule has 222 valence electrons. The highest BCUT2D eigenvalue weighted by atomic mass is 32.2. The molecule has 2 heterocycles. The number of carbonyl (C=O) groups excluding carboxylic acids is 1. The van der Waals surface area contributed by atoms with E-state index in [0.717, 1.165) is 44.0 Å². The summed E-state index contributed by atoms with van der Waals surface area (Å²) < 4.78 is 59.1. The molecule has 1 aromatic heterocycles. The molecule has 0 saturated carbocycles. The number of benzene rings is 3. The Kier molecular flexibility index (Phi) is 8.43. The molecule has 1 fully saturated rings. The molecule has 1 aliphatic heterocycles. The summed E-state index contributed by atoms with van der Waals surface area (Å²) >= 11 is 0. The topological polar surface area (TPSA) is 120 Å². The fourth-order valence-electron chi connectivity index (χ4n) is 4.92. The van der Waals surface area contributed by atoms with Crippen molar-refractivity contribution in [3.63, 3.8) is 0 Å². The van der Waals surface area contributed by atoms with Gasteiger partial charge in [-0.05, 0) is 62.5 Å². The standard InChI is InChI=1S/C29H32F2N6O4S/c1-18(17-41-3)32-27-15-21(37-10-8-36(2)9-11-37)4-6-24(27)29(38)33-28-25-16-22(5-7-26(25)34-35-28)42(39,40)23-13-19(30)12-20(31)14-23/h4-7,12-16,18,32H,8-11,17H2,1-3H3,(H2,33,34,35,38). The summed E-state index contributed by atoms with van der Waals surface area (Å²) in [6.07, 6.45) is 0. The minimum atomic E-state index is -4.26. The molecule has 0 aliphatic carbocycles. The van der Waals surface area contributed by atoms with Crippen LogP contribution in [0, 0.1) is 11.6 Å². The Hall–Kier alpha value is -4.07. The van der Waals surface area contributed by atoms with E-state index in [-0.39, 0.29) is 16.8 Å². The monoisotopic (exact) mass is 598 g/mol. The zero-order chi connectivity index (χ0) is 30.0. The van der Waals surface area contributed by atoms with Gasteiger partial charge in [-0.25, -0.2) is 17.2 Å². The highest BCUT2D eigenvalue weighted by molar-refractivity contribution is 7.91. The first-order valence-electron chi connectivity index (χ1n) is 13.4. The molecule has 1 unspecified atom stereocenters. The molecule has 3 N–H and O–H groups in total. The van der Waals surface area contributed by atoms with Gasteiger partial charge in [-0.3, -0.25) is 9.89 Å². The summed E-state index contributed by atoms with van der Waals surface area (Å²) in [6, 6.07) is 11.7. The van der Waals surface area contributed by atoms with E-state index in [9.17, 15) is 22.0 Å². The molecule has 1 atom stereocenters. The molecule has 0 spiro atoms. The first-order valence-corrected chi connectivity index (χ1v) is 14.9. The van der Waals surface area contributed by atoms with Gasteiger partial charge in [0, 0.05) is 62.2 Å². The summed E-state index contributed by atoms with van der Waals surface area (Å²) in [5.41, 5.74) is 2.43. The van der Waals surface area contributed by atoms with Crippen LogP contribution in [0.3, 0.4) is 0 Å². The number of halogens is 2. The number of likely N-dealkylation sites (N-methyl/N-ethyl adjacent to an activating group) is 1. The van der Waals surface area contributed by atoms with Crippen molar-refractivity contribution in [2.24, 2.45) is 0 Å². The lowest BCUT2D eigenvalue weighted by molar-refractivity contribution is 0.102. The van der Waals surface area contributed by atoms with Gasteiger partial charge < -0.3 is 25.2 Å². The highest BCUT2D eigenvalue weighted by Crippen LogP contribution is 2.30. The Labute approximate surface area is 242 Å². The Balaban J connectivity index is 1.45. The number of hydrogen-bond donors (Lipinski definition) is 3. The number of carbonyl (C=O) groups is 1. The maximum atomic E-state index is 13.8. The molecule has 0 bridgehead atoms. The number of aromatic amines is 1. The van der Waals surface area contributed by atoms with Crippen molar-refractivity contribution >= 4 is 43.8 Å². The van der Waals surface area contributed by atoms with E-state index in [2.05, 4.69) is 37.7 Å². The summed E-state index contributed by atoms with van der Waals surface area (Å²) in [5.74, 6) is -2.36. The van der Waals surface area contributed by atoms with Crippen molar-refractivity contribution in [1.29, 1.82) is 0 Å². The van der Waals surface area contributed by atoms with Crippen LogP contribution >= 0.6 is 0 Å². The highest BCUT2D eigenvalue weighted by Gasteiger charge is 2.23. The first-order chi connectivity index (χ1) is 20.0. The van der Waals surface area contributed by atoms with Gasteiger partial charge in [0.05, 0.1) is 27.5 Å². The van der Waals surface area contributed by atoms with E-state index in [4.69, 9.17) is 4.74 Å². The number of methoxy groups -OCH3 is 1. The maximum Gasteiger partial charge on any atom is 0.258 e. The normalized spacial score (nSPS) is 15.1. The number of amides is 1. The number of fused-ring (bicyclic) bond motifs is 1. The molecule has 1 saturated heterocycles. The van der Waals surface area contributed by atoms with Gasteiger partial charge >= 0.3 is 0 Å². The predicted molar refractivity (Wildman–Crippen MR) is 157 cm³/mol. The maximum absolute atomic E-state index is 13.8. The number of hydrogen-bond acceptors (Lipinski definition) is 8. The third kappa shape index (κ3) is 6.22. The van der Waals surface area contributed by atoms with Crippen molar-refractivity contribution in [3.05, 3.63) is 71.8 Å². The largest absolute Gasteiger partial charge is 0.383 e. The van der Waals surface area contributed by atoms with Gasteiger partial charge in [0.25, 0.3) is 5.91 Å². The van der Waals surface area contributed by atoms with E-state index < -0.39 is 32.3 Å². The van der Waals surface area contributed by atoms with Crippen molar-refractivity contribution in [2.45, 2.75) is 22.8 Å². The average molecular weight is 599 g/mol.